The van der Waals surface area contributed by atoms with Crippen LogP contribution < -0.4 is 5.32 Å². The molecule has 0 spiro atoms. The number of carbonyl (C=O) groups excluding carboxylic acids is 1. The van der Waals surface area contributed by atoms with Crippen molar-refractivity contribution in [2.24, 2.45) is 0 Å². The first-order valence-corrected chi connectivity index (χ1v) is 5.42. The fourth-order valence-corrected chi connectivity index (χ4v) is 1.44. The fraction of sp³-hybridized carbons (Fsp3) is 0.875. The Morgan fingerprint density at radius 3 is 3.08 bits per heavy atom. The lowest BCUT2D eigenvalue weighted by atomic mass is 10.2. The second-order valence-electron chi connectivity index (χ2n) is 2.86. The smallest absolute Gasteiger partial charge is 0.323 e. The van der Waals surface area contributed by atoms with Crippen molar-refractivity contribution in [2.45, 2.75) is 25.3 Å². The number of esters is 1. The van der Waals surface area contributed by atoms with Gasteiger partial charge in [0.2, 0.25) is 0 Å². The van der Waals surface area contributed by atoms with Gasteiger partial charge < -0.3 is 10.1 Å². The Bertz CT molecular complexity index is 146. The number of carbonyl (C=O) groups is 1. The number of halogens is 1. The summed E-state index contributed by atoms with van der Waals surface area (Å²) in [5.41, 5.74) is 0. The van der Waals surface area contributed by atoms with Crippen LogP contribution in [0, 0.1) is 0 Å². The van der Waals surface area contributed by atoms with E-state index in [1.807, 2.05) is 0 Å². The standard InChI is InChI=1S/C8H14BrNO2/c9-4-2-6-12-8(11)7-3-1-5-10-7/h7,10H,1-6H2. The predicted octanol–water partition coefficient (Wildman–Crippen LogP) is 1.07. The average Bonchev–Trinajstić information content (AvgIpc) is 2.56. The third kappa shape index (κ3) is 3.11. The minimum Gasteiger partial charge on any atom is -0.464 e. The van der Waals surface area contributed by atoms with Crippen LogP contribution in [0.1, 0.15) is 19.3 Å². The maximum Gasteiger partial charge on any atom is 0.323 e. The molecule has 0 saturated carbocycles. The SMILES string of the molecule is O=C(OCCCBr)C1CCCN1. The third-order valence-electron chi connectivity index (χ3n) is 1.87. The third-order valence-corrected chi connectivity index (χ3v) is 2.43. The van der Waals surface area contributed by atoms with Crippen LogP contribution in [0.3, 0.4) is 0 Å². The monoisotopic (exact) mass is 235 g/mol. The van der Waals surface area contributed by atoms with Gasteiger partial charge in [0.15, 0.2) is 0 Å². The van der Waals surface area contributed by atoms with E-state index in [1.54, 1.807) is 0 Å². The van der Waals surface area contributed by atoms with Crippen LogP contribution in [0.25, 0.3) is 0 Å². The topological polar surface area (TPSA) is 38.3 Å². The number of alkyl halides is 1. The van der Waals surface area contributed by atoms with Crippen LogP contribution in [-0.4, -0.2) is 30.5 Å². The number of rotatable bonds is 4. The van der Waals surface area contributed by atoms with Crippen LogP contribution >= 0.6 is 15.9 Å². The molecule has 3 nitrogen and oxygen atoms in total. The van der Waals surface area contributed by atoms with E-state index in [0.717, 1.165) is 31.1 Å². The van der Waals surface area contributed by atoms with Crippen LogP contribution in [0.4, 0.5) is 0 Å². The van der Waals surface area contributed by atoms with Crippen molar-refractivity contribution in [3.8, 4) is 0 Å². The molecule has 1 rings (SSSR count). The molecule has 1 atom stereocenters. The Hall–Kier alpha value is -0.0900. The number of hydrogen-bond acceptors (Lipinski definition) is 3. The van der Waals surface area contributed by atoms with Crippen LogP contribution in [0.2, 0.25) is 0 Å². The van der Waals surface area contributed by atoms with Gasteiger partial charge in [0.25, 0.3) is 0 Å². The molecule has 0 aromatic rings. The molecule has 0 bridgehead atoms. The van der Waals surface area contributed by atoms with E-state index in [0.29, 0.717) is 6.61 Å². The van der Waals surface area contributed by atoms with Crippen LogP contribution in [-0.2, 0) is 9.53 Å². The molecule has 0 radical (unpaired) electrons. The highest BCUT2D eigenvalue weighted by Crippen LogP contribution is 2.06. The summed E-state index contributed by atoms with van der Waals surface area (Å²) in [6, 6.07) is -0.0414. The molecule has 0 aromatic carbocycles. The molecule has 0 amide bonds. The Morgan fingerprint density at radius 1 is 1.67 bits per heavy atom. The zero-order valence-corrected chi connectivity index (χ0v) is 8.60. The lowest BCUT2D eigenvalue weighted by Crippen LogP contribution is -2.32. The number of nitrogens with one attached hydrogen (secondary N) is 1. The second kappa shape index (κ2) is 5.54. The van der Waals surface area contributed by atoms with E-state index in [4.69, 9.17) is 4.74 Å². The molecule has 4 heteroatoms. The normalized spacial score (nSPS) is 22.6. The van der Waals surface area contributed by atoms with Crippen molar-refractivity contribution < 1.29 is 9.53 Å². The highest BCUT2D eigenvalue weighted by atomic mass is 79.9. The average molecular weight is 236 g/mol. The summed E-state index contributed by atoms with van der Waals surface area (Å²) in [5.74, 6) is -0.0894. The van der Waals surface area contributed by atoms with Gasteiger partial charge in [-0.3, -0.25) is 4.79 Å². The molecule has 1 aliphatic heterocycles. The van der Waals surface area contributed by atoms with E-state index >= 15 is 0 Å². The van der Waals surface area contributed by atoms with E-state index in [2.05, 4.69) is 21.2 Å². The molecule has 0 aliphatic carbocycles. The molecule has 0 aromatic heterocycles. The van der Waals surface area contributed by atoms with Crippen LogP contribution in [0.5, 0.6) is 0 Å². The molecule has 1 N–H and O–H groups in total. The summed E-state index contributed by atoms with van der Waals surface area (Å²) in [5, 5.41) is 3.98. The largest absolute Gasteiger partial charge is 0.464 e. The highest BCUT2D eigenvalue weighted by Gasteiger charge is 2.22. The van der Waals surface area contributed by atoms with Gasteiger partial charge in [0.05, 0.1) is 6.61 Å². The van der Waals surface area contributed by atoms with Crippen molar-refractivity contribution in [1.82, 2.24) is 5.32 Å². The van der Waals surface area contributed by atoms with Crippen molar-refractivity contribution in [3.05, 3.63) is 0 Å². The Kier molecular flexibility index (Phi) is 4.61. The van der Waals surface area contributed by atoms with Crippen molar-refractivity contribution in [2.75, 3.05) is 18.5 Å². The van der Waals surface area contributed by atoms with Gasteiger partial charge in [-0.05, 0) is 25.8 Å². The summed E-state index contributed by atoms with van der Waals surface area (Å²) in [6.07, 6.45) is 2.89. The van der Waals surface area contributed by atoms with E-state index in [-0.39, 0.29) is 12.0 Å². The molecule has 1 fully saturated rings. The first-order chi connectivity index (χ1) is 5.84. The van der Waals surface area contributed by atoms with Crippen LogP contribution in [0.15, 0.2) is 0 Å². The molecular formula is C8H14BrNO2. The zero-order chi connectivity index (χ0) is 8.81. The quantitative estimate of drug-likeness (QED) is 0.450. The van der Waals surface area contributed by atoms with Gasteiger partial charge in [-0.1, -0.05) is 15.9 Å². The first kappa shape index (κ1) is 9.99. The van der Waals surface area contributed by atoms with E-state index in [9.17, 15) is 4.79 Å². The molecule has 1 unspecified atom stereocenters. The Labute approximate surface area is 81.0 Å². The summed E-state index contributed by atoms with van der Waals surface area (Å²) < 4.78 is 5.03. The Morgan fingerprint density at radius 2 is 2.50 bits per heavy atom. The van der Waals surface area contributed by atoms with E-state index in [1.165, 1.54) is 0 Å². The summed E-state index contributed by atoms with van der Waals surface area (Å²) in [6.45, 7) is 1.47. The lowest BCUT2D eigenvalue weighted by molar-refractivity contribution is -0.145. The molecule has 12 heavy (non-hydrogen) atoms. The second-order valence-corrected chi connectivity index (χ2v) is 3.65. The minimum atomic E-state index is -0.0894. The minimum absolute atomic E-state index is 0.0414. The van der Waals surface area contributed by atoms with E-state index < -0.39 is 0 Å². The molecule has 1 heterocycles. The van der Waals surface area contributed by atoms with Gasteiger partial charge >= 0.3 is 5.97 Å². The molecular weight excluding hydrogens is 222 g/mol. The Balaban J connectivity index is 2.10. The summed E-state index contributed by atoms with van der Waals surface area (Å²) in [4.78, 5) is 11.2. The number of hydrogen-bond donors (Lipinski definition) is 1. The lowest BCUT2D eigenvalue weighted by Gasteiger charge is -2.09. The van der Waals surface area contributed by atoms with Gasteiger partial charge in [-0.2, -0.15) is 0 Å². The maximum atomic E-state index is 11.2. The predicted molar refractivity (Wildman–Crippen MR) is 50.4 cm³/mol. The molecule has 70 valence electrons. The summed E-state index contributed by atoms with van der Waals surface area (Å²) in [7, 11) is 0. The van der Waals surface area contributed by atoms with Crippen molar-refractivity contribution in [1.29, 1.82) is 0 Å². The highest BCUT2D eigenvalue weighted by molar-refractivity contribution is 9.09. The zero-order valence-electron chi connectivity index (χ0n) is 7.01. The van der Waals surface area contributed by atoms with Gasteiger partial charge in [-0.25, -0.2) is 0 Å². The number of ether oxygens (including phenoxy) is 1. The van der Waals surface area contributed by atoms with Crippen molar-refractivity contribution in [3.63, 3.8) is 0 Å². The first-order valence-electron chi connectivity index (χ1n) is 4.30. The molecule has 1 saturated heterocycles. The van der Waals surface area contributed by atoms with Gasteiger partial charge in [-0.15, -0.1) is 0 Å². The molecule has 1 aliphatic rings. The summed E-state index contributed by atoms with van der Waals surface area (Å²) >= 11 is 3.28. The maximum absolute atomic E-state index is 11.2. The van der Waals surface area contributed by atoms with Crippen molar-refractivity contribution >= 4 is 21.9 Å². The van der Waals surface area contributed by atoms with Gasteiger partial charge in [0.1, 0.15) is 6.04 Å². The fourth-order valence-electron chi connectivity index (χ4n) is 1.21. The van der Waals surface area contributed by atoms with Gasteiger partial charge in [0, 0.05) is 5.33 Å².